The van der Waals surface area contributed by atoms with E-state index in [9.17, 15) is 14.4 Å². The number of hydrogen-bond donors (Lipinski definition) is 3. The number of carboxylic acids is 1. The molecule has 0 aromatic rings. The van der Waals surface area contributed by atoms with Gasteiger partial charge in [-0.3, -0.25) is 4.79 Å². The molecule has 3 unspecified atom stereocenters. The Kier molecular flexibility index (Phi) is 5.79. The number of rotatable bonds is 5. The molecule has 1 saturated carbocycles. The van der Waals surface area contributed by atoms with Gasteiger partial charge in [0.05, 0.1) is 13.0 Å². The molecular weight excluding hydrogens is 264 g/mol. The first-order valence-corrected chi connectivity index (χ1v) is 6.74. The normalized spacial score (nSPS) is 23.2. The number of aliphatic carboxylic acids is 1. The maximum atomic E-state index is 11.9. The van der Waals surface area contributed by atoms with Crippen LogP contribution in [0.4, 0.5) is 4.79 Å². The van der Waals surface area contributed by atoms with E-state index in [1.54, 1.807) is 13.8 Å². The van der Waals surface area contributed by atoms with Crippen molar-refractivity contribution in [1.82, 2.24) is 10.6 Å². The maximum Gasteiger partial charge on any atom is 0.328 e. The zero-order valence-corrected chi connectivity index (χ0v) is 12.0. The molecule has 20 heavy (non-hydrogen) atoms. The van der Waals surface area contributed by atoms with Crippen LogP contribution in [0.1, 0.15) is 33.1 Å². The predicted molar refractivity (Wildman–Crippen MR) is 71.1 cm³/mol. The van der Waals surface area contributed by atoms with Gasteiger partial charge in [-0.1, -0.05) is 20.3 Å². The fourth-order valence-electron chi connectivity index (χ4n) is 2.40. The van der Waals surface area contributed by atoms with E-state index in [1.807, 2.05) is 0 Å². The van der Waals surface area contributed by atoms with Gasteiger partial charge in [-0.25, -0.2) is 9.59 Å². The van der Waals surface area contributed by atoms with Gasteiger partial charge in [-0.05, 0) is 18.8 Å². The molecule has 2 amide bonds. The third-order valence-corrected chi connectivity index (χ3v) is 3.56. The molecule has 0 aliphatic heterocycles. The molecule has 7 heteroatoms. The summed E-state index contributed by atoms with van der Waals surface area (Å²) >= 11 is 0. The molecule has 0 aromatic carbocycles. The van der Waals surface area contributed by atoms with Crippen LogP contribution in [-0.4, -0.2) is 42.3 Å². The van der Waals surface area contributed by atoms with E-state index in [4.69, 9.17) is 5.11 Å². The summed E-state index contributed by atoms with van der Waals surface area (Å²) in [6.45, 7) is 3.58. The van der Waals surface area contributed by atoms with Crippen LogP contribution in [0.5, 0.6) is 0 Å². The van der Waals surface area contributed by atoms with Crippen molar-refractivity contribution in [3.8, 4) is 0 Å². The summed E-state index contributed by atoms with van der Waals surface area (Å²) in [4.78, 5) is 34.5. The van der Waals surface area contributed by atoms with E-state index in [2.05, 4.69) is 15.4 Å². The van der Waals surface area contributed by atoms with Gasteiger partial charge in [0.15, 0.2) is 0 Å². The minimum Gasteiger partial charge on any atom is -0.481 e. The lowest BCUT2D eigenvalue weighted by molar-refractivity contribution is -0.144. The Morgan fingerprint density at radius 2 is 1.90 bits per heavy atom. The topological polar surface area (TPSA) is 105 Å². The SMILES string of the molecule is COC(=O)C(NC(=O)NC1CCCC1C(=O)O)C(C)C. The molecule has 0 radical (unpaired) electrons. The fraction of sp³-hybridized carbons (Fsp3) is 0.769. The van der Waals surface area contributed by atoms with E-state index in [0.29, 0.717) is 12.8 Å². The van der Waals surface area contributed by atoms with Crippen molar-refractivity contribution < 1.29 is 24.2 Å². The van der Waals surface area contributed by atoms with Crippen LogP contribution in [0.15, 0.2) is 0 Å². The van der Waals surface area contributed by atoms with Crippen LogP contribution >= 0.6 is 0 Å². The van der Waals surface area contributed by atoms with Gasteiger partial charge >= 0.3 is 18.0 Å². The van der Waals surface area contributed by atoms with Crippen molar-refractivity contribution >= 4 is 18.0 Å². The first kappa shape index (κ1) is 16.3. The second-order valence-corrected chi connectivity index (χ2v) is 5.34. The monoisotopic (exact) mass is 286 g/mol. The van der Waals surface area contributed by atoms with E-state index < -0.39 is 36.0 Å². The van der Waals surface area contributed by atoms with Gasteiger partial charge in [0.25, 0.3) is 0 Å². The lowest BCUT2D eigenvalue weighted by atomic mass is 10.0. The molecule has 1 aliphatic carbocycles. The number of amides is 2. The Hall–Kier alpha value is -1.79. The zero-order chi connectivity index (χ0) is 15.3. The second-order valence-electron chi connectivity index (χ2n) is 5.34. The molecule has 1 rings (SSSR count). The van der Waals surface area contributed by atoms with Gasteiger partial charge in [0, 0.05) is 6.04 Å². The standard InChI is InChI=1S/C13H22N2O5/c1-7(2)10(12(18)20-3)15-13(19)14-9-6-4-5-8(9)11(16)17/h7-10H,4-6H2,1-3H3,(H,16,17)(H2,14,15,19). The molecule has 3 N–H and O–H groups in total. The second kappa shape index (κ2) is 7.12. The molecule has 0 saturated heterocycles. The molecule has 0 bridgehead atoms. The number of hydrogen-bond acceptors (Lipinski definition) is 4. The van der Waals surface area contributed by atoms with Crippen LogP contribution in [-0.2, 0) is 14.3 Å². The highest BCUT2D eigenvalue weighted by Gasteiger charge is 2.34. The van der Waals surface area contributed by atoms with Crippen molar-refractivity contribution in [3.05, 3.63) is 0 Å². The van der Waals surface area contributed by atoms with E-state index >= 15 is 0 Å². The van der Waals surface area contributed by atoms with Crippen LogP contribution in [0.3, 0.4) is 0 Å². The van der Waals surface area contributed by atoms with Crippen LogP contribution in [0, 0.1) is 11.8 Å². The Balaban J connectivity index is 2.57. The summed E-state index contributed by atoms with van der Waals surface area (Å²) < 4.78 is 4.63. The van der Waals surface area contributed by atoms with Crippen molar-refractivity contribution in [2.45, 2.75) is 45.2 Å². The summed E-state index contributed by atoms with van der Waals surface area (Å²) in [6.07, 6.45) is 1.96. The zero-order valence-electron chi connectivity index (χ0n) is 12.0. The third kappa shape index (κ3) is 4.11. The number of carboxylic acid groups (broad SMARTS) is 1. The van der Waals surface area contributed by atoms with E-state index in [1.165, 1.54) is 7.11 Å². The summed E-state index contributed by atoms with van der Waals surface area (Å²) in [5.41, 5.74) is 0. The quantitative estimate of drug-likeness (QED) is 0.646. The average Bonchev–Trinajstić information content (AvgIpc) is 2.82. The predicted octanol–water partition coefficient (Wildman–Crippen LogP) is 0.736. The lowest BCUT2D eigenvalue weighted by Gasteiger charge is -2.23. The maximum absolute atomic E-state index is 11.9. The molecule has 1 aliphatic rings. The highest BCUT2D eigenvalue weighted by Crippen LogP contribution is 2.25. The Labute approximate surface area is 118 Å². The lowest BCUT2D eigenvalue weighted by Crippen LogP contribution is -2.52. The molecule has 0 spiro atoms. The highest BCUT2D eigenvalue weighted by molar-refractivity contribution is 5.84. The van der Waals surface area contributed by atoms with Gasteiger partial charge in [-0.2, -0.15) is 0 Å². The van der Waals surface area contributed by atoms with Gasteiger partial charge in [-0.15, -0.1) is 0 Å². The van der Waals surface area contributed by atoms with Crippen LogP contribution in [0.2, 0.25) is 0 Å². The van der Waals surface area contributed by atoms with Crippen molar-refractivity contribution in [1.29, 1.82) is 0 Å². The molecule has 114 valence electrons. The smallest absolute Gasteiger partial charge is 0.328 e. The summed E-state index contributed by atoms with van der Waals surface area (Å²) in [7, 11) is 1.26. The minimum atomic E-state index is -0.902. The minimum absolute atomic E-state index is 0.118. The van der Waals surface area contributed by atoms with E-state index in [0.717, 1.165) is 6.42 Å². The van der Waals surface area contributed by atoms with Crippen LogP contribution < -0.4 is 10.6 Å². The highest BCUT2D eigenvalue weighted by atomic mass is 16.5. The molecule has 0 heterocycles. The fourth-order valence-corrected chi connectivity index (χ4v) is 2.40. The Bertz CT molecular complexity index is 383. The first-order chi connectivity index (χ1) is 9.36. The summed E-state index contributed by atoms with van der Waals surface area (Å²) in [5.74, 6) is -2.10. The van der Waals surface area contributed by atoms with Crippen molar-refractivity contribution in [2.24, 2.45) is 11.8 Å². The first-order valence-electron chi connectivity index (χ1n) is 6.74. The molecule has 1 fully saturated rings. The van der Waals surface area contributed by atoms with Crippen molar-refractivity contribution in [3.63, 3.8) is 0 Å². The number of esters is 1. The number of urea groups is 1. The number of methoxy groups -OCH3 is 1. The van der Waals surface area contributed by atoms with Gasteiger partial charge < -0.3 is 20.5 Å². The molecule has 7 nitrogen and oxygen atoms in total. The molecule has 3 atom stereocenters. The Morgan fingerprint density at radius 1 is 1.25 bits per heavy atom. The summed E-state index contributed by atoms with van der Waals surface area (Å²) in [5, 5.41) is 14.2. The number of nitrogens with one attached hydrogen (secondary N) is 2. The Morgan fingerprint density at radius 3 is 2.40 bits per heavy atom. The van der Waals surface area contributed by atoms with Gasteiger partial charge in [0.1, 0.15) is 6.04 Å². The number of carbonyl (C=O) groups excluding carboxylic acids is 2. The van der Waals surface area contributed by atoms with Gasteiger partial charge in [0.2, 0.25) is 0 Å². The largest absolute Gasteiger partial charge is 0.481 e. The molecule has 0 aromatic heterocycles. The number of ether oxygens (including phenoxy) is 1. The third-order valence-electron chi connectivity index (χ3n) is 3.56. The average molecular weight is 286 g/mol. The van der Waals surface area contributed by atoms with E-state index in [-0.39, 0.29) is 5.92 Å². The number of carbonyl (C=O) groups is 3. The van der Waals surface area contributed by atoms with Crippen molar-refractivity contribution in [2.75, 3.05) is 7.11 Å². The summed E-state index contributed by atoms with van der Waals surface area (Å²) in [6, 6.07) is -1.67. The molecular formula is C13H22N2O5. The van der Waals surface area contributed by atoms with Crippen LogP contribution in [0.25, 0.3) is 0 Å².